The minimum absolute atomic E-state index is 0.0988. The van der Waals surface area contributed by atoms with E-state index in [0.29, 0.717) is 15.7 Å². The van der Waals surface area contributed by atoms with Crippen LogP contribution in [-0.2, 0) is 4.79 Å². The number of anilines is 2. The second-order valence-corrected chi connectivity index (χ2v) is 5.83. The largest absolute Gasteiger partial charge is 0.329 e. The minimum atomic E-state index is -0.761. The van der Waals surface area contributed by atoms with Crippen LogP contribution < -0.4 is 16.0 Å². The molecule has 126 valence electrons. The van der Waals surface area contributed by atoms with Crippen molar-refractivity contribution in [3.8, 4) is 0 Å². The fraction of sp³-hybridized carbons (Fsp3) is 0.0667. The van der Waals surface area contributed by atoms with Gasteiger partial charge in [0.25, 0.3) is 0 Å². The normalized spacial score (nSPS) is 10.2. The molecule has 0 spiro atoms. The highest BCUT2D eigenvalue weighted by molar-refractivity contribution is 6.35. The molecule has 24 heavy (non-hydrogen) atoms. The number of nitrogens with one attached hydrogen (secondary N) is 3. The van der Waals surface area contributed by atoms with Crippen LogP contribution in [0.5, 0.6) is 0 Å². The first kappa shape index (κ1) is 18.3. The van der Waals surface area contributed by atoms with E-state index in [1.165, 1.54) is 30.3 Å². The van der Waals surface area contributed by atoms with Crippen molar-refractivity contribution in [2.75, 3.05) is 17.2 Å². The van der Waals surface area contributed by atoms with Crippen LogP contribution in [0.3, 0.4) is 0 Å². The van der Waals surface area contributed by atoms with Gasteiger partial charge >= 0.3 is 6.03 Å². The molecular formula is C15H11Cl3FN3O2. The first-order valence-corrected chi connectivity index (χ1v) is 7.74. The van der Waals surface area contributed by atoms with Gasteiger partial charge in [0, 0.05) is 5.02 Å². The molecule has 0 fully saturated rings. The van der Waals surface area contributed by atoms with Crippen LogP contribution in [0.15, 0.2) is 36.4 Å². The summed E-state index contributed by atoms with van der Waals surface area (Å²) in [6, 6.07) is 7.99. The molecule has 0 unspecified atom stereocenters. The number of urea groups is 1. The molecule has 0 saturated carbocycles. The number of amides is 3. The molecule has 0 saturated heterocycles. The molecule has 0 aliphatic rings. The van der Waals surface area contributed by atoms with E-state index in [9.17, 15) is 14.0 Å². The van der Waals surface area contributed by atoms with Crippen molar-refractivity contribution in [3.63, 3.8) is 0 Å². The lowest BCUT2D eigenvalue weighted by atomic mass is 10.3. The van der Waals surface area contributed by atoms with E-state index < -0.39 is 17.8 Å². The molecule has 3 amide bonds. The predicted molar refractivity (Wildman–Crippen MR) is 93.5 cm³/mol. The third-order valence-corrected chi connectivity index (χ3v) is 3.67. The highest BCUT2D eigenvalue weighted by Crippen LogP contribution is 2.25. The molecule has 5 nitrogen and oxygen atoms in total. The monoisotopic (exact) mass is 389 g/mol. The van der Waals surface area contributed by atoms with Crippen LogP contribution >= 0.6 is 34.8 Å². The molecule has 9 heteroatoms. The van der Waals surface area contributed by atoms with Gasteiger partial charge in [0.1, 0.15) is 0 Å². The fourth-order valence-electron chi connectivity index (χ4n) is 1.72. The number of carbonyl (C=O) groups excluding carboxylic acids is 2. The third-order valence-electron chi connectivity index (χ3n) is 2.81. The zero-order chi connectivity index (χ0) is 17.7. The summed E-state index contributed by atoms with van der Waals surface area (Å²) >= 11 is 17.3. The summed E-state index contributed by atoms with van der Waals surface area (Å²) in [5.74, 6) is -1.29. The second-order valence-electron chi connectivity index (χ2n) is 4.58. The smallest absolute Gasteiger partial charge is 0.319 e. The van der Waals surface area contributed by atoms with Crippen LogP contribution in [0.2, 0.25) is 15.1 Å². The Labute approximate surface area is 152 Å². The first-order chi connectivity index (χ1) is 11.4. The number of benzene rings is 2. The van der Waals surface area contributed by atoms with Crippen molar-refractivity contribution < 1.29 is 14.0 Å². The summed E-state index contributed by atoms with van der Waals surface area (Å²) in [7, 11) is 0. The van der Waals surface area contributed by atoms with E-state index >= 15 is 0 Å². The maximum absolute atomic E-state index is 13.6. The standard InChI is InChI=1S/C15H11Cl3FN3O2/c16-8-4-5-9(17)12(6-8)21-13(23)7-20-15(24)22-11-3-1-2-10(18)14(11)19/h1-6H,7H2,(H,21,23)(H2,20,22,24). The van der Waals surface area contributed by atoms with E-state index in [0.717, 1.165) is 0 Å². The van der Waals surface area contributed by atoms with Crippen molar-refractivity contribution in [3.05, 3.63) is 57.3 Å². The van der Waals surface area contributed by atoms with E-state index in [1.807, 2.05) is 0 Å². The molecule has 0 heterocycles. The maximum Gasteiger partial charge on any atom is 0.319 e. The SMILES string of the molecule is O=C(CNC(=O)Nc1cccc(Cl)c1F)Nc1cc(Cl)ccc1Cl. The van der Waals surface area contributed by atoms with Gasteiger partial charge in [-0.1, -0.05) is 40.9 Å². The van der Waals surface area contributed by atoms with Gasteiger partial charge in [0.05, 0.1) is 28.0 Å². The Hall–Kier alpha value is -2.02. The van der Waals surface area contributed by atoms with E-state index in [2.05, 4.69) is 16.0 Å². The molecule has 3 N–H and O–H groups in total. The van der Waals surface area contributed by atoms with Crippen molar-refractivity contribution in [2.24, 2.45) is 0 Å². The Balaban J connectivity index is 1.88. The van der Waals surface area contributed by atoms with Gasteiger partial charge < -0.3 is 16.0 Å². The van der Waals surface area contributed by atoms with Crippen molar-refractivity contribution >= 4 is 58.1 Å². The van der Waals surface area contributed by atoms with Crippen LogP contribution in [0.1, 0.15) is 0 Å². The molecule has 0 radical (unpaired) electrons. The highest BCUT2D eigenvalue weighted by Gasteiger charge is 2.11. The predicted octanol–water partition coefficient (Wildman–Crippen LogP) is 4.55. The van der Waals surface area contributed by atoms with E-state index in [1.54, 1.807) is 6.07 Å². The summed E-state index contributed by atoms with van der Waals surface area (Å²) in [4.78, 5) is 23.5. The number of rotatable bonds is 4. The van der Waals surface area contributed by atoms with Crippen molar-refractivity contribution in [1.82, 2.24) is 5.32 Å². The topological polar surface area (TPSA) is 70.2 Å². The van der Waals surface area contributed by atoms with Gasteiger partial charge in [0.15, 0.2) is 5.82 Å². The number of hydrogen-bond donors (Lipinski definition) is 3. The highest BCUT2D eigenvalue weighted by atomic mass is 35.5. The quantitative estimate of drug-likeness (QED) is 0.717. The van der Waals surface area contributed by atoms with E-state index in [-0.39, 0.29) is 17.3 Å². The Kier molecular flexibility index (Phi) is 6.25. The zero-order valence-electron chi connectivity index (χ0n) is 12.0. The third kappa shape index (κ3) is 4.99. The number of carbonyl (C=O) groups is 2. The Morgan fingerprint density at radius 3 is 2.46 bits per heavy atom. The lowest BCUT2D eigenvalue weighted by Gasteiger charge is -2.10. The van der Waals surface area contributed by atoms with Gasteiger partial charge in [-0.25, -0.2) is 9.18 Å². The maximum atomic E-state index is 13.6. The lowest BCUT2D eigenvalue weighted by Crippen LogP contribution is -2.36. The minimum Gasteiger partial charge on any atom is -0.329 e. The van der Waals surface area contributed by atoms with Crippen molar-refractivity contribution in [1.29, 1.82) is 0 Å². The fourth-order valence-corrected chi connectivity index (χ4v) is 2.23. The summed E-state index contributed by atoms with van der Waals surface area (Å²) in [5, 5.41) is 7.62. The summed E-state index contributed by atoms with van der Waals surface area (Å²) < 4.78 is 13.6. The molecule has 2 aromatic rings. The number of hydrogen-bond acceptors (Lipinski definition) is 2. The van der Waals surface area contributed by atoms with Crippen LogP contribution in [0.4, 0.5) is 20.6 Å². The summed E-state index contributed by atoms with van der Waals surface area (Å²) in [6.45, 7) is -0.350. The molecule has 2 rings (SSSR count). The molecule has 2 aromatic carbocycles. The van der Waals surface area contributed by atoms with Gasteiger partial charge in [-0.05, 0) is 30.3 Å². The summed E-state index contributed by atoms with van der Waals surface area (Å²) in [5.41, 5.74) is 0.218. The molecule has 0 atom stereocenters. The van der Waals surface area contributed by atoms with Gasteiger partial charge in [-0.2, -0.15) is 0 Å². The van der Waals surface area contributed by atoms with Crippen LogP contribution in [0.25, 0.3) is 0 Å². The molecule has 0 aromatic heterocycles. The number of halogens is 4. The Bertz CT molecular complexity index is 771. The average Bonchev–Trinajstić information content (AvgIpc) is 2.53. The Morgan fingerprint density at radius 2 is 1.71 bits per heavy atom. The van der Waals surface area contributed by atoms with Gasteiger partial charge in [-0.15, -0.1) is 0 Å². The van der Waals surface area contributed by atoms with E-state index in [4.69, 9.17) is 34.8 Å². The molecular weight excluding hydrogens is 380 g/mol. The van der Waals surface area contributed by atoms with Gasteiger partial charge in [0.2, 0.25) is 5.91 Å². The Morgan fingerprint density at radius 1 is 0.958 bits per heavy atom. The molecule has 0 aliphatic carbocycles. The molecule has 0 bridgehead atoms. The van der Waals surface area contributed by atoms with Crippen LogP contribution in [0, 0.1) is 5.82 Å². The lowest BCUT2D eigenvalue weighted by molar-refractivity contribution is -0.115. The van der Waals surface area contributed by atoms with Gasteiger partial charge in [-0.3, -0.25) is 4.79 Å². The molecule has 0 aliphatic heterocycles. The average molecular weight is 391 g/mol. The van der Waals surface area contributed by atoms with Crippen molar-refractivity contribution in [2.45, 2.75) is 0 Å². The zero-order valence-corrected chi connectivity index (χ0v) is 14.3. The second kappa shape index (κ2) is 8.19. The first-order valence-electron chi connectivity index (χ1n) is 6.60. The van der Waals surface area contributed by atoms with Crippen LogP contribution in [-0.4, -0.2) is 18.5 Å². The summed E-state index contributed by atoms with van der Waals surface area (Å²) in [6.07, 6.45) is 0.